The lowest BCUT2D eigenvalue weighted by molar-refractivity contribution is -0.117. The molecule has 24 heavy (non-hydrogen) atoms. The van der Waals surface area contributed by atoms with Gasteiger partial charge in [0.2, 0.25) is 5.91 Å². The molecule has 6 nitrogen and oxygen atoms in total. The fourth-order valence-corrected chi connectivity index (χ4v) is 3.47. The van der Waals surface area contributed by atoms with E-state index in [9.17, 15) is 17.6 Å². The van der Waals surface area contributed by atoms with E-state index in [1.165, 1.54) is 17.4 Å². The summed E-state index contributed by atoms with van der Waals surface area (Å²) in [5.41, 5.74) is 6.22. The molecule has 0 aliphatic carbocycles. The Hall–Kier alpha value is -1.84. The number of amides is 1. The summed E-state index contributed by atoms with van der Waals surface area (Å²) in [5, 5.41) is 2.90. The van der Waals surface area contributed by atoms with Crippen molar-refractivity contribution in [1.29, 1.82) is 0 Å². The maximum Gasteiger partial charge on any atom is 0.243 e. The molecular formula is C15H18FN3O3S2. The van der Waals surface area contributed by atoms with Gasteiger partial charge in [0, 0.05) is 23.8 Å². The number of sulfone groups is 1. The summed E-state index contributed by atoms with van der Waals surface area (Å²) in [4.78, 5) is 16.8. The van der Waals surface area contributed by atoms with E-state index in [4.69, 9.17) is 5.73 Å². The molecule has 2 rings (SSSR count). The minimum atomic E-state index is -3.17. The molecule has 1 aromatic carbocycles. The highest BCUT2D eigenvalue weighted by molar-refractivity contribution is 7.90. The molecule has 0 saturated carbocycles. The van der Waals surface area contributed by atoms with Crippen molar-refractivity contribution < 1.29 is 17.6 Å². The van der Waals surface area contributed by atoms with Crippen LogP contribution in [0.1, 0.15) is 16.9 Å². The van der Waals surface area contributed by atoms with Gasteiger partial charge in [-0.15, -0.1) is 11.3 Å². The van der Waals surface area contributed by atoms with Crippen LogP contribution < -0.4 is 11.1 Å². The highest BCUT2D eigenvalue weighted by Crippen LogP contribution is 2.22. The van der Waals surface area contributed by atoms with Gasteiger partial charge < -0.3 is 11.1 Å². The van der Waals surface area contributed by atoms with E-state index in [1.54, 1.807) is 24.4 Å². The van der Waals surface area contributed by atoms with Crippen molar-refractivity contribution in [3.8, 4) is 0 Å². The second-order valence-corrected chi connectivity index (χ2v) is 8.79. The van der Waals surface area contributed by atoms with Crippen LogP contribution in [0.3, 0.4) is 0 Å². The van der Waals surface area contributed by atoms with Gasteiger partial charge in [-0.25, -0.2) is 17.8 Å². The lowest BCUT2D eigenvalue weighted by Crippen LogP contribution is -2.37. The highest BCUT2D eigenvalue weighted by Gasteiger charge is 2.17. The first kappa shape index (κ1) is 18.5. The summed E-state index contributed by atoms with van der Waals surface area (Å²) in [6.45, 7) is 0. The third-order valence-electron chi connectivity index (χ3n) is 3.24. The lowest BCUT2D eigenvalue weighted by Gasteiger charge is -2.09. The molecule has 0 aliphatic rings. The molecule has 1 heterocycles. The summed E-state index contributed by atoms with van der Waals surface area (Å²) in [6, 6.07) is 5.52. The zero-order valence-corrected chi connectivity index (χ0v) is 14.7. The van der Waals surface area contributed by atoms with E-state index >= 15 is 0 Å². The van der Waals surface area contributed by atoms with Crippen LogP contribution in [0.15, 0.2) is 30.5 Å². The van der Waals surface area contributed by atoms with E-state index in [-0.39, 0.29) is 18.0 Å². The number of carbonyl (C=O) groups is 1. The average Bonchev–Trinajstić information content (AvgIpc) is 2.93. The largest absolute Gasteiger partial charge is 0.320 e. The third kappa shape index (κ3) is 5.66. The third-order valence-corrected chi connectivity index (χ3v) is 5.13. The van der Waals surface area contributed by atoms with E-state index in [0.717, 1.165) is 11.1 Å². The van der Waals surface area contributed by atoms with Gasteiger partial charge in [0.1, 0.15) is 15.7 Å². The highest BCUT2D eigenvalue weighted by atomic mass is 32.2. The number of hydrogen-bond acceptors (Lipinski definition) is 6. The Morgan fingerprint density at radius 3 is 2.79 bits per heavy atom. The van der Waals surface area contributed by atoms with Crippen LogP contribution >= 0.6 is 11.3 Å². The van der Waals surface area contributed by atoms with E-state index in [1.807, 2.05) is 0 Å². The van der Waals surface area contributed by atoms with Gasteiger partial charge in [-0.2, -0.15) is 0 Å². The fraction of sp³-hybridized carbons (Fsp3) is 0.333. The molecule has 0 spiro atoms. The Bertz CT molecular complexity index is 821. The molecule has 9 heteroatoms. The standard InChI is InChI=1S/C15H18FN3O3S2/c1-24(21,22)7-6-13(17)14(20)19-15-18-9-11(23-15)8-10-4-2-3-5-12(10)16/h2-5,9,13H,6-8,17H2,1H3,(H,18,19,20). The number of aromatic nitrogens is 1. The van der Waals surface area contributed by atoms with Crippen LogP contribution in [0, 0.1) is 5.82 Å². The van der Waals surface area contributed by atoms with Crippen molar-refractivity contribution in [2.45, 2.75) is 18.9 Å². The molecule has 0 aliphatic heterocycles. The number of halogens is 1. The molecule has 1 atom stereocenters. The minimum absolute atomic E-state index is 0.0398. The summed E-state index contributed by atoms with van der Waals surface area (Å²) in [7, 11) is -3.17. The fourth-order valence-electron chi connectivity index (χ4n) is 1.95. The average molecular weight is 371 g/mol. The molecule has 1 aromatic heterocycles. The first-order chi connectivity index (χ1) is 11.2. The minimum Gasteiger partial charge on any atom is -0.320 e. The van der Waals surface area contributed by atoms with Gasteiger partial charge >= 0.3 is 0 Å². The van der Waals surface area contributed by atoms with Gasteiger partial charge in [0.25, 0.3) is 0 Å². The molecule has 1 amide bonds. The number of carbonyl (C=O) groups excluding carboxylic acids is 1. The second-order valence-electron chi connectivity index (χ2n) is 5.41. The number of nitrogens with one attached hydrogen (secondary N) is 1. The van der Waals surface area contributed by atoms with Crippen LogP contribution in [0.25, 0.3) is 0 Å². The first-order valence-corrected chi connectivity index (χ1v) is 10.0. The van der Waals surface area contributed by atoms with Gasteiger partial charge in [-0.3, -0.25) is 4.79 Å². The van der Waals surface area contributed by atoms with E-state index < -0.39 is 21.8 Å². The lowest BCUT2D eigenvalue weighted by atomic mass is 10.1. The Labute approximate surface area is 143 Å². The quantitative estimate of drug-likeness (QED) is 0.769. The topological polar surface area (TPSA) is 102 Å². The predicted octanol–water partition coefficient (Wildman–Crippen LogP) is 1.57. The molecule has 0 radical (unpaired) electrons. The summed E-state index contributed by atoms with van der Waals surface area (Å²) >= 11 is 1.22. The summed E-state index contributed by atoms with van der Waals surface area (Å²) in [6.07, 6.45) is 3.07. The van der Waals surface area contributed by atoms with Gasteiger partial charge in [0.05, 0.1) is 11.8 Å². The number of benzene rings is 1. The molecule has 3 N–H and O–H groups in total. The SMILES string of the molecule is CS(=O)(=O)CCC(N)C(=O)Nc1ncc(Cc2ccccc2F)s1. The Balaban J connectivity index is 1.93. The molecule has 1 unspecified atom stereocenters. The van der Waals surface area contributed by atoms with E-state index in [2.05, 4.69) is 10.3 Å². The van der Waals surface area contributed by atoms with Crippen molar-refractivity contribution in [3.05, 3.63) is 46.7 Å². The van der Waals surface area contributed by atoms with Crippen molar-refractivity contribution in [3.63, 3.8) is 0 Å². The van der Waals surface area contributed by atoms with Crippen LogP contribution in [-0.4, -0.2) is 37.4 Å². The monoisotopic (exact) mass is 371 g/mol. The molecule has 0 fully saturated rings. The number of rotatable bonds is 7. The normalized spacial score (nSPS) is 12.8. The van der Waals surface area contributed by atoms with Crippen LogP contribution in [0.5, 0.6) is 0 Å². The zero-order valence-electron chi connectivity index (χ0n) is 13.0. The van der Waals surface area contributed by atoms with Crippen molar-refractivity contribution >= 4 is 32.2 Å². The molecular weight excluding hydrogens is 353 g/mol. The number of hydrogen-bond donors (Lipinski definition) is 2. The predicted molar refractivity (Wildman–Crippen MR) is 92.3 cm³/mol. The van der Waals surface area contributed by atoms with Crippen molar-refractivity contribution in [2.75, 3.05) is 17.3 Å². The molecule has 0 bridgehead atoms. The molecule has 2 aromatic rings. The Morgan fingerprint density at radius 1 is 1.42 bits per heavy atom. The number of thiazole rings is 1. The van der Waals surface area contributed by atoms with Gasteiger partial charge in [-0.1, -0.05) is 18.2 Å². The van der Waals surface area contributed by atoms with Crippen LogP contribution in [0.2, 0.25) is 0 Å². The van der Waals surface area contributed by atoms with Crippen molar-refractivity contribution in [2.24, 2.45) is 5.73 Å². The van der Waals surface area contributed by atoms with Crippen LogP contribution in [0.4, 0.5) is 9.52 Å². The summed E-state index contributed by atoms with van der Waals surface area (Å²) in [5.74, 6) is -0.942. The first-order valence-electron chi connectivity index (χ1n) is 7.17. The number of nitrogens with two attached hydrogens (primary N) is 1. The molecule has 0 saturated heterocycles. The van der Waals surface area contributed by atoms with Gasteiger partial charge in [-0.05, 0) is 18.1 Å². The zero-order chi connectivity index (χ0) is 17.7. The Kier molecular flexibility index (Phi) is 6.03. The number of anilines is 1. The summed E-state index contributed by atoms with van der Waals surface area (Å²) < 4.78 is 35.8. The molecule has 130 valence electrons. The Morgan fingerprint density at radius 2 is 2.12 bits per heavy atom. The van der Waals surface area contributed by atoms with Crippen LogP contribution in [-0.2, 0) is 21.1 Å². The van der Waals surface area contributed by atoms with Gasteiger partial charge in [0.15, 0.2) is 5.13 Å². The van der Waals surface area contributed by atoms with E-state index in [0.29, 0.717) is 17.1 Å². The smallest absolute Gasteiger partial charge is 0.243 e. The second kappa shape index (κ2) is 7.82. The number of nitrogens with zero attached hydrogens (tertiary/aromatic N) is 1. The maximum absolute atomic E-state index is 13.6. The van der Waals surface area contributed by atoms with Crippen molar-refractivity contribution in [1.82, 2.24) is 4.98 Å². The maximum atomic E-state index is 13.6.